The molecule has 1 unspecified atom stereocenters. The zero-order valence-corrected chi connectivity index (χ0v) is 18.5. The number of Topliss-reactive ketones (excluding diaryl/α,β-unsaturated/α-hetero) is 1. The van der Waals surface area contributed by atoms with Gasteiger partial charge in [0.15, 0.2) is 11.5 Å². The van der Waals surface area contributed by atoms with E-state index in [1.807, 2.05) is 18.2 Å². The van der Waals surface area contributed by atoms with Crippen LogP contribution < -0.4 is 14.4 Å². The van der Waals surface area contributed by atoms with Gasteiger partial charge in [0.1, 0.15) is 5.76 Å². The largest absolute Gasteiger partial charge is 0.507 e. The average molecular weight is 455 g/mol. The van der Waals surface area contributed by atoms with Gasteiger partial charge in [0.2, 0.25) is 5.95 Å². The van der Waals surface area contributed by atoms with Crippen molar-refractivity contribution in [3.05, 3.63) is 89.5 Å². The number of imidazole rings is 1. The molecule has 0 aliphatic carbocycles. The van der Waals surface area contributed by atoms with Gasteiger partial charge in [-0.25, -0.2) is 4.98 Å². The smallest absolute Gasteiger partial charge is 0.302 e. The third-order valence-electron chi connectivity index (χ3n) is 5.82. The monoisotopic (exact) mass is 455 g/mol. The molecule has 0 radical (unpaired) electrons. The number of amides is 1. The summed E-state index contributed by atoms with van der Waals surface area (Å²) in [6.45, 7) is 0. The molecular weight excluding hydrogens is 434 g/mol. The van der Waals surface area contributed by atoms with Gasteiger partial charge in [-0.15, -0.1) is 0 Å². The number of aromatic amines is 1. The molecule has 8 nitrogen and oxygen atoms in total. The zero-order chi connectivity index (χ0) is 23.8. The van der Waals surface area contributed by atoms with Crippen LogP contribution in [0.2, 0.25) is 0 Å². The standard InChI is InChI=1S/C26H21N3O5/c1-33-19-13-12-16(14-20(19)34-2)22-21(23(30)15-8-4-3-5-9-15)24(31)25(32)29(22)26-27-17-10-6-7-11-18(17)28-26/h3-14,22,30H,1-2H3,(H,27,28)/b23-21+. The number of ether oxygens (including phenoxy) is 2. The van der Waals surface area contributed by atoms with Crippen LogP contribution in [0.25, 0.3) is 16.8 Å². The molecule has 1 amide bonds. The fraction of sp³-hybridized carbons (Fsp3) is 0.115. The molecule has 3 aromatic carbocycles. The Bertz CT molecular complexity index is 1410. The number of anilines is 1. The number of hydrogen-bond donors (Lipinski definition) is 2. The van der Waals surface area contributed by atoms with Crippen molar-refractivity contribution in [2.45, 2.75) is 6.04 Å². The summed E-state index contributed by atoms with van der Waals surface area (Å²) in [5.74, 6) is -0.740. The van der Waals surface area contributed by atoms with E-state index in [1.54, 1.807) is 54.6 Å². The van der Waals surface area contributed by atoms with Crippen molar-refractivity contribution in [3.8, 4) is 11.5 Å². The summed E-state index contributed by atoms with van der Waals surface area (Å²) in [6.07, 6.45) is 0. The van der Waals surface area contributed by atoms with Crippen LogP contribution in [0, 0.1) is 0 Å². The summed E-state index contributed by atoms with van der Waals surface area (Å²) in [7, 11) is 3.02. The molecule has 0 saturated carbocycles. The van der Waals surface area contributed by atoms with E-state index in [1.165, 1.54) is 19.1 Å². The molecule has 170 valence electrons. The minimum atomic E-state index is -0.944. The van der Waals surface area contributed by atoms with Crippen molar-refractivity contribution in [1.82, 2.24) is 9.97 Å². The molecule has 34 heavy (non-hydrogen) atoms. The molecule has 1 aromatic heterocycles. The van der Waals surface area contributed by atoms with Crippen molar-refractivity contribution in [3.63, 3.8) is 0 Å². The Hall–Kier alpha value is -4.59. The predicted molar refractivity (Wildman–Crippen MR) is 127 cm³/mol. The first kappa shape index (κ1) is 21.3. The number of ketones is 1. The van der Waals surface area contributed by atoms with Crippen LogP contribution in [-0.4, -0.2) is 41.0 Å². The normalized spacial score (nSPS) is 17.4. The number of hydrogen-bond acceptors (Lipinski definition) is 6. The van der Waals surface area contributed by atoms with Crippen LogP contribution in [-0.2, 0) is 9.59 Å². The Balaban J connectivity index is 1.75. The second-order valence-corrected chi connectivity index (χ2v) is 7.73. The quantitative estimate of drug-likeness (QED) is 0.265. The molecule has 2 N–H and O–H groups in total. The summed E-state index contributed by atoms with van der Waals surface area (Å²) in [5.41, 5.74) is 2.30. The molecular formula is C26H21N3O5. The van der Waals surface area contributed by atoms with Gasteiger partial charge in [-0.3, -0.25) is 14.5 Å². The molecule has 5 rings (SSSR count). The number of H-pyrrole nitrogens is 1. The number of carbonyl (C=O) groups is 2. The van der Waals surface area contributed by atoms with Gasteiger partial charge in [0, 0.05) is 5.56 Å². The summed E-state index contributed by atoms with van der Waals surface area (Å²) in [6, 6.07) is 20.1. The van der Waals surface area contributed by atoms with Crippen LogP contribution in [0.4, 0.5) is 5.95 Å². The highest BCUT2D eigenvalue weighted by molar-refractivity contribution is 6.51. The third kappa shape index (κ3) is 3.36. The summed E-state index contributed by atoms with van der Waals surface area (Å²) < 4.78 is 10.8. The van der Waals surface area contributed by atoms with Crippen molar-refractivity contribution in [2.24, 2.45) is 0 Å². The zero-order valence-electron chi connectivity index (χ0n) is 18.5. The van der Waals surface area contributed by atoms with E-state index in [-0.39, 0.29) is 17.3 Å². The molecule has 1 atom stereocenters. The fourth-order valence-corrected chi connectivity index (χ4v) is 4.19. The fourth-order valence-electron chi connectivity index (χ4n) is 4.19. The van der Waals surface area contributed by atoms with Gasteiger partial charge < -0.3 is 19.6 Å². The van der Waals surface area contributed by atoms with E-state index >= 15 is 0 Å². The third-order valence-corrected chi connectivity index (χ3v) is 5.82. The number of aliphatic hydroxyl groups is 1. The van der Waals surface area contributed by atoms with E-state index in [0.717, 1.165) is 0 Å². The van der Waals surface area contributed by atoms with E-state index in [2.05, 4.69) is 9.97 Å². The Morgan fingerprint density at radius 3 is 2.35 bits per heavy atom. The number of nitrogens with zero attached hydrogens (tertiary/aromatic N) is 2. The number of benzene rings is 3. The molecule has 4 aromatic rings. The SMILES string of the molecule is COc1ccc(C2/C(=C(\O)c3ccccc3)C(=O)C(=O)N2c2nc3ccccc3[nH]2)cc1OC. The minimum absolute atomic E-state index is 0.0381. The first-order chi connectivity index (χ1) is 16.5. The van der Waals surface area contributed by atoms with Gasteiger partial charge in [-0.1, -0.05) is 48.5 Å². The van der Waals surface area contributed by atoms with Crippen LogP contribution in [0.1, 0.15) is 17.2 Å². The molecule has 1 saturated heterocycles. The van der Waals surface area contributed by atoms with Crippen LogP contribution in [0.5, 0.6) is 11.5 Å². The highest BCUT2D eigenvalue weighted by atomic mass is 16.5. The number of aromatic nitrogens is 2. The van der Waals surface area contributed by atoms with Crippen LogP contribution in [0.3, 0.4) is 0 Å². The van der Waals surface area contributed by atoms with Gasteiger partial charge in [-0.05, 0) is 29.8 Å². The van der Waals surface area contributed by atoms with Crippen molar-refractivity contribution in [1.29, 1.82) is 0 Å². The maximum Gasteiger partial charge on any atom is 0.302 e. The Morgan fingerprint density at radius 1 is 0.941 bits per heavy atom. The number of nitrogens with one attached hydrogen (secondary N) is 1. The first-order valence-corrected chi connectivity index (χ1v) is 10.6. The summed E-state index contributed by atoms with van der Waals surface area (Å²) in [5, 5.41) is 11.2. The molecule has 1 aliphatic heterocycles. The average Bonchev–Trinajstić information content (AvgIpc) is 3.42. The molecule has 1 fully saturated rings. The lowest BCUT2D eigenvalue weighted by Crippen LogP contribution is -2.30. The lowest BCUT2D eigenvalue weighted by atomic mass is 9.95. The molecule has 8 heteroatoms. The maximum absolute atomic E-state index is 13.3. The minimum Gasteiger partial charge on any atom is -0.507 e. The Labute approximate surface area is 195 Å². The topological polar surface area (TPSA) is 105 Å². The molecule has 2 heterocycles. The predicted octanol–water partition coefficient (Wildman–Crippen LogP) is 4.21. The number of carbonyl (C=O) groups excluding carboxylic acids is 2. The van der Waals surface area contributed by atoms with E-state index in [9.17, 15) is 14.7 Å². The Morgan fingerprint density at radius 2 is 1.65 bits per heavy atom. The van der Waals surface area contributed by atoms with Gasteiger partial charge in [-0.2, -0.15) is 0 Å². The van der Waals surface area contributed by atoms with Crippen molar-refractivity contribution < 1.29 is 24.2 Å². The lowest BCUT2D eigenvalue weighted by molar-refractivity contribution is -0.132. The van der Waals surface area contributed by atoms with Crippen LogP contribution in [0.15, 0.2) is 78.4 Å². The molecule has 0 bridgehead atoms. The van der Waals surface area contributed by atoms with Gasteiger partial charge in [0.25, 0.3) is 5.78 Å². The number of para-hydroxylation sites is 2. The van der Waals surface area contributed by atoms with E-state index in [4.69, 9.17) is 9.47 Å². The highest BCUT2D eigenvalue weighted by Crippen LogP contribution is 2.43. The van der Waals surface area contributed by atoms with Crippen molar-refractivity contribution in [2.75, 3.05) is 19.1 Å². The second-order valence-electron chi connectivity index (χ2n) is 7.73. The Kier molecular flexibility index (Phi) is 5.25. The van der Waals surface area contributed by atoms with Gasteiger partial charge >= 0.3 is 5.91 Å². The number of rotatable bonds is 5. The van der Waals surface area contributed by atoms with E-state index in [0.29, 0.717) is 33.7 Å². The van der Waals surface area contributed by atoms with Crippen molar-refractivity contribution >= 4 is 34.4 Å². The van der Waals surface area contributed by atoms with E-state index < -0.39 is 17.7 Å². The first-order valence-electron chi connectivity index (χ1n) is 10.6. The second kappa shape index (κ2) is 8.40. The lowest BCUT2D eigenvalue weighted by Gasteiger charge is -2.23. The number of fused-ring (bicyclic) bond motifs is 1. The van der Waals surface area contributed by atoms with Crippen LogP contribution >= 0.6 is 0 Å². The molecule has 1 aliphatic rings. The summed E-state index contributed by atoms with van der Waals surface area (Å²) in [4.78, 5) is 35.5. The number of methoxy groups -OCH3 is 2. The summed E-state index contributed by atoms with van der Waals surface area (Å²) >= 11 is 0. The highest BCUT2D eigenvalue weighted by Gasteiger charge is 2.48. The molecule has 0 spiro atoms. The number of aliphatic hydroxyl groups excluding tert-OH is 1. The maximum atomic E-state index is 13.3. The van der Waals surface area contributed by atoms with Gasteiger partial charge in [0.05, 0.1) is 36.9 Å².